The Morgan fingerprint density at radius 2 is 1.73 bits per heavy atom. The van der Waals surface area contributed by atoms with Gasteiger partial charge in [0.1, 0.15) is 11.5 Å². The average molecular weight is 378 g/mol. The lowest BCUT2D eigenvalue weighted by Crippen LogP contribution is -2.14. The van der Waals surface area contributed by atoms with Crippen LogP contribution in [0.25, 0.3) is 0 Å². The van der Waals surface area contributed by atoms with Crippen LogP contribution in [-0.2, 0) is 9.53 Å². The van der Waals surface area contributed by atoms with E-state index >= 15 is 0 Å². The second-order valence-electron chi connectivity index (χ2n) is 5.36. The van der Waals surface area contributed by atoms with Crippen LogP contribution in [0.15, 0.2) is 42.5 Å². The molecule has 0 bridgehead atoms. The lowest BCUT2D eigenvalue weighted by Gasteiger charge is -2.10. The highest BCUT2D eigenvalue weighted by molar-refractivity contribution is 6.33. The maximum Gasteiger partial charge on any atom is 0.337 e. The first-order valence-corrected chi connectivity index (χ1v) is 8.36. The Hall–Kier alpha value is -2.73. The zero-order valence-corrected chi connectivity index (χ0v) is 15.3. The second kappa shape index (κ2) is 9.68. The molecule has 1 N–H and O–H groups in total. The van der Waals surface area contributed by atoms with Crippen molar-refractivity contribution in [2.75, 3.05) is 26.1 Å². The summed E-state index contributed by atoms with van der Waals surface area (Å²) in [7, 11) is 2.89. The van der Waals surface area contributed by atoms with Crippen LogP contribution < -0.4 is 14.8 Å². The Balaban J connectivity index is 1.80. The van der Waals surface area contributed by atoms with Crippen LogP contribution >= 0.6 is 11.6 Å². The predicted octanol–water partition coefficient (Wildman–Crippen LogP) is 3.93. The van der Waals surface area contributed by atoms with Crippen LogP contribution in [0.1, 0.15) is 23.2 Å². The molecule has 0 heterocycles. The molecule has 0 radical (unpaired) electrons. The Labute approximate surface area is 157 Å². The van der Waals surface area contributed by atoms with E-state index in [1.807, 2.05) is 0 Å². The molecular formula is C19H20ClNO5. The van der Waals surface area contributed by atoms with Gasteiger partial charge in [-0.15, -0.1) is 0 Å². The number of esters is 1. The molecule has 2 aromatic rings. The summed E-state index contributed by atoms with van der Waals surface area (Å²) in [5.74, 6) is 0.750. The average Bonchev–Trinajstić information content (AvgIpc) is 2.66. The van der Waals surface area contributed by atoms with Gasteiger partial charge in [0, 0.05) is 6.42 Å². The molecule has 0 aliphatic rings. The highest BCUT2D eigenvalue weighted by atomic mass is 35.5. The van der Waals surface area contributed by atoms with Gasteiger partial charge in [-0.2, -0.15) is 0 Å². The molecule has 0 unspecified atom stereocenters. The van der Waals surface area contributed by atoms with E-state index in [1.54, 1.807) is 31.4 Å². The quantitative estimate of drug-likeness (QED) is 0.557. The van der Waals surface area contributed by atoms with Crippen LogP contribution in [0.4, 0.5) is 5.69 Å². The number of halogens is 1. The third kappa shape index (κ3) is 5.67. The number of carbonyl (C=O) groups is 2. The van der Waals surface area contributed by atoms with Gasteiger partial charge in [-0.05, 0) is 48.9 Å². The predicted molar refractivity (Wildman–Crippen MR) is 99.1 cm³/mol. The van der Waals surface area contributed by atoms with Crippen molar-refractivity contribution in [2.24, 2.45) is 0 Å². The van der Waals surface area contributed by atoms with E-state index in [0.29, 0.717) is 35.1 Å². The van der Waals surface area contributed by atoms with E-state index < -0.39 is 5.97 Å². The van der Waals surface area contributed by atoms with Gasteiger partial charge in [-0.25, -0.2) is 4.79 Å². The molecule has 0 spiro atoms. The number of rotatable bonds is 8. The van der Waals surface area contributed by atoms with Crippen molar-refractivity contribution in [3.8, 4) is 11.5 Å². The minimum Gasteiger partial charge on any atom is -0.497 e. The SMILES string of the molecule is COC(=O)c1ccc(Cl)c(NC(=O)CCCOc2ccc(OC)cc2)c1. The monoisotopic (exact) mass is 377 g/mol. The van der Waals surface area contributed by atoms with E-state index in [0.717, 1.165) is 5.75 Å². The summed E-state index contributed by atoms with van der Waals surface area (Å²) < 4.78 is 15.3. The number of anilines is 1. The summed E-state index contributed by atoms with van der Waals surface area (Å²) in [6.45, 7) is 0.398. The first kappa shape index (κ1) is 19.6. The van der Waals surface area contributed by atoms with Crippen LogP contribution in [0.2, 0.25) is 5.02 Å². The second-order valence-corrected chi connectivity index (χ2v) is 5.77. The topological polar surface area (TPSA) is 73.9 Å². The van der Waals surface area contributed by atoms with Crippen molar-refractivity contribution >= 4 is 29.2 Å². The molecular weight excluding hydrogens is 358 g/mol. The minimum absolute atomic E-state index is 0.216. The van der Waals surface area contributed by atoms with Crippen molar-refractivity contribution in [1.29, 1.82) is 0 Å². The first-order chi connectivity index (χ1) is 12.5. The third-order valence-corrected chi connectivity index (χ3v) is 3.87. The fraction of sp³-hybridized carbons (Fsp3) is 0.263. The van der Waals surface area contributed by atoms with Crippen LogP contribution in [0.3, 0.4) is 0 Å². The highest BCUT2D eigenvalue weighted by Crippen LogP contribution is 2.24. The number of hydrogen-bond acceptors (Lipinski definition) is 5. The molecule has 0 saturated heterocycles. The standard InChI is InChI=1S/C19H20ClNO5/c1-24-14-6-8-15(9-7-14)26-11-3-4-18(22)21-17-12-13(19(23)25-2)5-10-16(17)20/h5-10,12H,3-4,11H2,1-2H3,(H,21,22). The zero-order valence-electron chi connectivity index (χ0n) is 14.6. The molecule has 1 amide bonds. The molecule has 0 aromatic heterocycles. The van der Waals surface area contributed by atoms with Crippen LogP contribution in [-0.4, -0.2) is 32.7 Å². The van der Waals surface area contributed by atoms with Crippen LogP contribution in [0.5, 0.6) is 11.5 Å². The number of nitrogens with one attached hydrogen (secondary N) is 1. The number of ether oxygens (including phenoxy) is 3. The Morgan fingerprint density at radius 3 is 2.38 bits per heavy atom. The molecule has 0 aliphatic heterocycles. The normalized spacial score (nSPS) is 10.1. The Kier molecular flexibility index (Phi) is 7.29. The molecule has 26 heavy (non-hydrogen) atoms. The number of methoxy groups -OCH3 is 2. The van der Waals surface area contributed by atoms with Crippen molar-refractivity contribution in [3.63, 3.8) is 0 Å². The largest absolute Gasteiger partial charge is 0.497 e. The summed E-state index contributed by atoms with van der Waals surface area (Å²) >= 11 is 6.05. The summed E-state index contributed by atoms with van der Waals surface area (Å²) in [6.07, 6.45) is 0.793. The number of amides is 1. The maximum absolute atomic E-state index is 12.1. The van der Waals surface area contributed by atoms with Gasteiger partial charge >= 0.3 is 5.97 Å². The van der Waals surface area contributed by atoms with Crippen molar-refractivity contribution < 1.29 is 23.8 Å². The molecule has 0 fully saturated rings. The third-order valence-electron chi connectivity index (χ3n) is 3.54. The van der Waals surface area contributed by atoms with Gasteiger partial charge in [0.25, 0.3) is 0 Å². The van der Waals surface area contributed by atoms with Gasteiger partial charge in [-0.1, -0.05) is 11.6 Å². The molecule has 2 rings (SSSR count). The van der Waals surface area contributed by atoms with E-state index in [9.17, 15) is 9.59 Å². The molecule has 138 valence electrons. The Morgan fingerprint density at radius 1 is 1.04 bits per heavy atom. The smallest absolute Gasteiger partial charge is 0.337 e. The van der Waals surface area contributed by atoms with E-state index in [1.165, 1.54) is 25.3 Å². The van der Waals surface area contributed by atoms with E-state index in [2.05, 4.69) is 10.1 Å². The molecule has 2 aromatic carbocycles. The molecule has 0 atom stereocenters. The van der Waals surface area contributed by atoms with Crippen molar-refractivity contribution in [2.45, 2.75) is 12.8 Å². The minimum atomic E-state index is -0.495. The number of hydrogen-bond donors (Lipinski definition) is 1. The maximum atomic E-state index is 12.1. The van der Waals surface area contributed by atoms with E-state index in [4.69, 9.17) is 21.1 Å². The Bertz CT molecular complexity index is 761. The van der Waals surface area contributed by atoms with Gasteiger partial charge in [-0.3, -0.25) is 4.79 Å². The van der Waals surface area contributed by atoms with E-state index in [-0.39, 0.29) is 12.3 Å². The molecule has 6 nitrogen and oxygen atoms in total. The number of carbonyl (C=O) groups excluding carboxylic acids is 2. The van der Waals surface area contributed by atoms with Gasteiger partial charge in [0.2, 0.25) is 5.91 Å². The fourth-order valence-electron chi connectivity index (χ4n) is 2.17. The van der Waals surface area contributed by atoms with Crippen LogP contribution in [0, 0.1) is 0 Å². The summed E-state index contributed by atoms with van der Waals surface area (Å²) in [5.41, 5.74) is 0.686. The lowest BCUT2D eigenvalue weighted by molar-refractivity contribution is -0.116. The van der Waals surface area contributed by atoms with Gasteiger partial charge in [0.05, 0.1) is 37.1 Å². The highest BCUT2D eigenvalue weighted by Gasteiger charge is 2.11. The lowest BCUT2D eigenvalue weighted by atomic mass is 10.2. The molecule has 0 saturated carbocycles. The molecule has 0 aliphatic carbocycles. The summed E-state index contributed by atoms with van der Waals surface area (Å²) in [5, 5.41) is 3.04. The summed E-state index contributed by atoms with van der Waals surface area (Å²) in [6, 6.07) is 11.8. The molecule has 7 heteroatoms. The van der Waals surface area contributed by atoms with Crippen molar-refractivity contribution in [1.82, 2.24) is 0 Å². The van der Waals surface area contributed by atoms with Gasteiger partial charge in [0.15, 0.2) is 0 Å². The van der Waals surface area contributed by atoms with Gasteiger partial charge < -0.3 is 19.5 Å². The van der Waals surface area contributed by atoms with Crippen molar-refractivity contribution in [3.05, 3.63) is 53.1 Å². The summed E-state index contributed by atoms with van der Waals surface area (Å²) in [4.78, 5) is 23.6. The number of benzene rings is 2. The zero-order chi connectivity index (χ0) is 18.9. The fourth-order valence-corrected chi connectivity index (χ4v) is 2.34. The first-order valence-electron chi connectivity index (χ1n) is 7.98.